The number of hydrogen-bond donors (Lipinski definition) is 1. The molecule has 0 radical (unpaired) electrons. The fourth-order valence-electron chi connectivity index (χ4n) is 3.70. The standard InChI is InChI=1S/C25H21N3OS/c1-16-11-13-18(14-12-16)15-30-25-27-22-19-8-4-5-9-20(19)26-23(22)24(29)28(25)21-10-6-3-7-17(21)2/h3-14,26H,15H2,1-2H3. The van der Waals surface area contributed by atoms with Crippen LogP contribution in [0.1, 0.15) is 16.7 Å². The Hall–Kier alpha value is -3.31. The van der Waals surface area contributed by atoms with Gasteiger partial charge >= 0.3 is 0 Å². The third kappa shape index (κ3) is 3.21. The normalized spacial score (nSPS) is 11.4. The van der Waals surface area contributed by atoms with E-state index in [4.69, 9.17) is 4.98 Å². The van der Waals surface area contributed by atoms with Crippen LogP contribution in [0, 0.1) is 13.8 Å². The molecular formula is C25H21N3OS. The van der Waals surface area contributed by atoms with Crippen molar-refractivity contribution in [3.8, 4) is 5.69 Å². The molecule has 0 aliphatic heterocycles. The Labute approximate surface area is 178 Å². The van der Waals surface area contributed by atoms with Gasteiger partial charge in [0.05, 0.1) is 5.69 Å². The molecule has 0 amide bonds. The number of hydrogen-bond acceptors (Lipinski definition) is 3. The fraction of sp³-hybridized carbons (Fsp3) is 0.120. The molecule has 5 heteroatoms. The van der Waals surface area contributed by atoms with Crippen LogP contribution in [0.4, 0.5) is 0 Å². The summed E-state index contributed by atoms with van der Waals surface area (Å²) in [6.45, 7) is 4.10. The first-order valence-corrected chi connectivity index (χ1v) is 10.9. The summed E-state index contributed by atoms with van der Waals surface area (Å²) in [5, 5.41) is 1.67. The van der Waals surface area contributed by atoms with Crippen molar-refractivity contribution in [2.75, 3.05) is 0 Å². The molecule has 1 N–H and O–H groups in total. The molecule has 0 saturated heterocycles. The molecule has 2 heterocycles. The lowest BCUT2D eigenvalue weighted by Gasteiger charge is -2.14. The molecule has 30 heavy (non-hydrogen) atoms. The van der Waals surface area contributed by atoms with Gasteiger partial charge in [0.2, 0.25) is 0 Å². The van der Waals surface area contributed by atoms with Crippen molar-refractivity contribution in [2.45, 2.75) is 24.8 Å². The lowest BCUT2D eigenvalue weighted by molar-refractivity contribution is 0.813. The molecule has 2 aromatic heterocycles. The Morgan fingerprint density at radius 3 is 2.47 bits per heavy atom. The minimum atomic E-state index is -0.0723. The maximum atomic E-state index is 13.6. The van der Waals surface area contributed by atoms with Crippen molar-refractivity contribution in [3.63, 3.8) is 0 Å². The van der Waals surface area contributed by atoms with Gasteiger partial charge in [-0.05, 0) is 37.1 Å². The summed E-state index contributed by atoms with van der Waals surface area (Å²) in [6.07, 6.45) is 0. The van der Waals surface area contributed by atoms with E-state index in [1.54, 1.807) is 16.3 Å². The van der Waals surface area contributed by atoms with Gasteiger partial charge in [0.1, 0.15) is 11.0 Å². The van der Waals surface area contributed by atoms with Crippen molar-refractivity contribution >= 4 is 33.7 Å². The molecule has 4 nitrogen and oxygen atoms in total. The third-order valence-electron chi connectivity index (χ3n) is 5.34. The Kier molecular flexibility index (Phi) is 4.68. The van der Waals surface area contributed by atoms with Gasteiger partial charge in [-0.1, -0.05) is 78.0 Å². The van der Waals surface area contributed by atoms with E-state index < -0.39 is 0 Å². The van der Waals surface area contributed by atoms with Gasteiger partial charge in [-0.25, -0.2) is 4.98 Å². The van der Waals surface area contributed by atoms with E-state index in [0.29, 0.717) is 10.7 Å². The smallest absolute Gasteiger partial charge is 0.283 e. The van der Waals surface area contributed by atoms with Crippen molar-refractivity contribution in [1.29, 1.82) is 0 Å². The summed E-state index contributed by atoms with van der Waals surface area (Å²) >= 11 is 1.59. The van der Waals surface area contributed by atoms with E-state index in [-0.39, 0.29) is 5.56 Å². The van der Waals surface area contributed by atoms with Gasteiger partial charge in [0.25, 0.3) is 5.56 Å². The van der Waals surface area contributed by atoms with Crippen LogP contribution in [0.3, 0.4) is 0 Å². The molecule has 0 spiro atoms. The number of H-pyrrole nitrogens is 1. The summed E-state index contributed by atoms with van der Waals surface area (Å²) in [7, 11) is 0. The maximum Gasteiger partial charge on any atom is 0.283 e. The zero-order chi connectivity index (χ0) is 20.7. The number of nitrogens with zero attached hydrogens (tertiary/aromatic N) is 2. The van der Waals surface area contributed by atoms with Crippen LogP contribution in [-0.4, -0.2) is 14.5 Å². The molecule has 0 atom stereocenters. The zero-order valence-electron chi connectivity index (χ0n) is 16.8. The van der Waals surface area contributed by atoms with Gasteiger partial charge in [-0.15, -0.1) is 0 Å². The minimum absolute atomic E-state index is 0.0723. The number of aromatic amines is 1. The molecule has 0 saturated carbocycles. The molecule has 0 unspecified atom stereocenters. The summed E-state index contributed by atoms with van der Waals surface area (Å²) in [5.41, 5.74) is 6.46. The molecule has 0 fully saturated rings. The number of benzene rings is 3. The quantitative estimate of drug-likeness (QED) is 0.301. The van der Waals surface area contributed by atoms with Gasteiger partial charge in [0.15, 0.2) is 5.16 Å². The van der Waals surface area contributed by atoms with E-state index in [1.807, 2.05) is 55.5 Å². The summed E-state index contributed by atoms with van der Waals surface area (Å²) in [6, 6.07) is 24.3. The Morgan fingerprint density at radius 1 is 0.933 bits per heavy atom. The van der Waals surface area contributed by atoms with Gasteiger partial charge in [-0.3, -0.25) is 9.36 Å². The molecule has 0 aliphatic carbocycles. The van der Waals surface area contributed by atoms with E-state index in [2.05, 4.69) is 36.2 Å². The predicted octanol–water partition coefficient (Wildman–Crippen LogP) is 5.78. The van der Waals surface area contributed by atoms with Gasteiger partial charge in [-0.2, -0.15) is 0 Å². The van der Waals surface area contributed by atoms with Gasteiger partial charge < -0.3 is 4.98 Å². The van der Waals surface area contributed by atoms with Crippen LogP contribution < -0.4 is 5.56 Å². The van der Waals surface area contributed by atoms with Crippen LogP contribution in [0.25, 0.3) is 27.6 Å². The van der Waals surface area contributed by atoms with Crippen LogP contribution in [0.15, 0.2) is 82.7 Å². The van der Waals surface area contributed by atoms with Crippen molar-refractivity contribution in [1.82, 2.24) is 14.5 Å². The molecule has 5 aromatic rings. The summed E-state index contributed by atoms with van der Waals surface area (Å²) in [4.78, 5) is 21.9. The second kappa shape index (κ2) is 7.50. The second-order valence-corrected chi connectivity index (χ2v) is 8.43. The van der Waals surface area contributed by atoms with Crippen molar-refractivity contribution < 1.29 is 0 Å². The summed E-state index contributed by atoms with van der Waals surface area (Å²) < 4.78 is 1.74. The topological polar surface area (TPSA) is 50.7 Å². The highest BCUT2D eigenvalue weighted by Crippen LogP contribution is 2.28. The molecule has 5 rings (SSSR count). The Balaban J connectivity index is 1.72. The highest BCUT2D eigenvalue weighted by Gasteiger charge is 2.18. The number of para-hydroxylation sites is 2. The van der Waals surface area contributed by atoms with Crippen LogP contribution >= 0.6 is 11.8 Å². The second-order valence-electron chi connectivity index (χ2n) is 7.49. The first kappa shape index (κ1) is 18.7. The molecular weight excluding hydrogens is 390 g/mol. The first-order chi connectivity index (χ1) is 14.6. The Morgan fingerprint density at radius 2 is 1.67 bits per heavy atom. The number of thioether (sulfide) groups is 1. The third-order valence-corrected chi connectivity index (χ3v) is 6.35. The maximum absolute atomic E-state index is 13.6. The number of rotatable bonds is 4. The summed E-state index contributed by atoms with van der Waals surface area (Å²) in [5.74, 6) is 0.743. The number of nitrogens with one attached hydrogen (secondary N) is 1. The molecule has 3 aromatic carbocycles. The Bertz CT molecular complexity index is 1430. The van der Waals surface area contributed by atoms with E-state index in [1.165, 1.54) is 11.1 Å². The fourth-order valence-corrected chi connectivity index (χ4v) is 4.65. The lowest BCUT2D eigenvalue weighted by atomic mass is 10.2. The van der Waals surface area contributed by atoms with Crippen LogP contribution in [-0.2, 0) is 5.75 Å². The number of aromatic nitrogens is 3. The molecule has 148 valence electrons. The van der Waals surface area contributed by atoms with Crippen molar-refractivity contribution in [2.24, 2.45) is 0 Å². The van der Waals surface area contributed by atoms with Gasteiger partial charge in [0, 0.05) is 16.7 Å². The number of aryl methyl sites for hydroxylation is 2. The van der Waals surface area contributed by atoms with Crippen molar-refractivity contribution in [3.05, 3.63) is 99.8 Å². The zero-order valence-corrected chi connectivity index (χ0v) is 17.7. The number of fused-ring (bicyclic) bond motifs is 3. The highest BCUT2D eigenvalue weighted by molar-refractivity contribution is 7.98. The predicted molar refractivity (Wildman–Crippen MR) is 125 cm³/mol. The van der Waals surface area contributed by atoms with E-state index in [0.717, 1.165) is 33.4 Å². The SMILES string of the molecule is Cc1ccc(CSc2nc3c([nH]c4ccccc43)c(=O)n2-c2ccccc2C)cc1. The monoisotopic (exact) mass is 411 g/mol. The van der Waals surface area contributed by atoms with E-state index >= 15 is 0 Å². The van der Waals surface area contributed by atoms with E-state index in [9.17, 15) is 4.79 Å². The first-order valence-electron chi connectivity index (χ1n) is 9.89. The average molecular weight is 412 g/mol. The lowest BCUT2D eigenvalue weighted by Crippen LogP contribution is -2.22. The van der Waals surface area contributed by atoms with Crippen LogP contribution in [0.5, 0.6) is 0 Å². The molecule has 0 bridgehead atoms. The molecule has 0 aliphatic rings. The highest BCUT2D eigenvalue weighted by atomic mass is 32.2. The average Bonchev–Trinajstić information content (AvgIpc) is 3.13. The minimum Gasteiger partial charge on any atom is -0.349 e. The largest absolute Gasteiger partial charge is 0.349 e. The van der Waals surface area contributed by atoms with Crippen LogP contribution in [0.2, 0.25) is 0 Å².